The predicted molar refractivity (Wildman–Crippen MR) is 64.7 cm³/mol. The molecule has 15 heavy (non-hydrogen) atoms. The highest BCUT2D eigenvalue weighted by Gasteiger charge is 2.56. The molecule has 0 aromatic carbocycles. The zero-order chi connectivity index (χ0) is 11.3. The van der Waals surface area contributed by atoms with Crippen molar-refractivity contribution in [2.45, 2.75) is 58.5 Å². The summed E-state index contributed by atoms with van der Waals surface area (Å²) in [4.78, 5) is 2.69. The van der Waals surface area contributed by atoms with Crippen molar-refractivity contribution in [3.63, 3.8) is 0 Å². The molecule has 2 rings (SSSR count). The number of nitrogens with two attached hydrogens (primary N) is 1. The number of hydrogen-bond acceptors (Lipinski definition) is 2. The lowest BCUT2D eigenvalue weighted by Crippen LogP contribution is -2.58. The molecule has 2 heteroatoms. The molecule has 0 aromatic heterocycles. The van der Waals surface area contributed by atoms with Crippen LogP contribution in [0.4, 0.5) is 0 Å². The van der Waals surface area contributed by atoms with E-state index in [9.17, 15) is 0 Å². The van der Waals surface area contributed by atoms with Crippen LogP contribution in [0.25, 0.3) is 0 Å². The van der Waals surface area contributed by atoms with Gasteiger partial charge in [-0.1, -0.05) is 13.8 Å². The zero-order valence-corrected chi connectivity index (χ0v) is 10.7. The molecule has 2 N–H and O–H groups in total. The largest absolute Gasteiger partial charge is 0.329 e. The average Bonchev–Trinajstić information content (AvgIpc) is 2.84. The highest BCUT2D eigenvalue weighted by molar-refractivity contribution is 5.11. The summed E-state index contributed by atoms with van der Waals surface area (Å²) in [7, 11) is 0. The molecule has 3 atom stereocenters. The second-order valence-electron chi connectivity index (χ2n) is 6.38. The van der Waals surface area contributed by atoms with E-state index in [4.69, 9.17) is 5.73 Å². The molecule has 1 aliphatic carbocycles. The van der Waals surface area contributed by atoms with Crippen molar-refractivity contribution in [3.05, 3.63) is 0 Å². The summed E-state index contributed by atoms with van der Waals surface area (Å²) in [5.41, 5.74) is 6.80. The van der Waals surface area contributed by atoms with Crippen LogP contribution in [0.3, 0.4) is 0 Å². The van der Waals surface area contributed by atoms with Gasteiger partial charge in [-0.3, -0.25) is 4.90 Å². The van der Waals surface area contributed by atoms with Crippen molar-refractivity contribution in [1.29, 1.82) is 0 Å². The molecule has 2 nitrogen and oxygen atoms in total. The normalized spacial score (nSPS) is 39.0. The summed E-state index contributed by atoms with van der Waals surface area (Å²) in [5.74, 6) is 0.841. The average molecular weight is 210 g/mol. The Bertz CT molecular complexity index is 247. The number of likely N-dealkylation sites (tertiary alicyclic amines) is 1. The summed E-state index contributed by atoms with van der Waals surface area (Å²) < 4.78 is 0. The Labute approximate surface area is 94.2 Å². The standard InChI is InChI=1S/C13H26N2/c1-10-7-11(2)15(8-10)13(4,9-14)12(3)5-6-12/h10-11H,5-9,14H2,1-4H3. The lowest BCUT2D eigenvalue weighted by atomic mass is 9.81. The summed E-state index contributed by atoms with van der Waals surface area (Å²) in [6.07, 6.45) is 4.06. The van der Waals surface area contributed by atoms with Gasteiger partial charge in [0.2, 0.25) is 0 Å². The Morgan fingerprint density at radius 1 is 1.40 bits per heavy atom. The van der Waals surface area contributed by atoms with Crippen LogP contribution in [-0.4, -0.2) is 29.6 Å². The second kappa shape index (κ2) is 3.46. The van der Waals surface area contributed by atoms with Crippen molar-refractivity contribution < 1.29 is 0 Å². The topological polar surface area (TPSA) is 29.3 Å². The minimum atomic E-state index is 0.233. The Morgan fingerprint density at radius 2 is 2.00 bits per heavy atom. The molecule has 0 amide bonds. The first-order chi connectivity index (χ1) is 6.93. The van der Waals surface area contributed by atoms with Crippen molar-refractivity contribution >= 4 is 0 Å². The van der Waals surface area contributed by atoms with Gasteiger partial charge in [0.25, 0.3) is 0 Å². The third kappa shape index (κ3) is 1.62. The van der Waals surface area contributed by atoms with Crippen LogP contribution in [0.15, 0.2) is 0 Å². The second-order valence-corrected chi connectivity index (χ2v) is 6.38. The molecule has 0 radical (unpaired) electrons. The molecular formula is C13H26N2. The predicted octanol–water partition coefficient (Wildman–Crippen LogP) is 2.23. The summed E-state index contributed by atoms with van der Waals surface area (Å²) in [5, 5.41) is 0. The molecule has 0 spiro atoms. The molecular weight excluding hydrogens is 184 g/mol. The van der Waals surface area contributed by atoms with Crippen molar-refractivity contribution in [3.8, 4) is 0 Å². The Morgan fingerprint density at radius 3 is 2.33 bits per heavy atom. The monoisotopic (exact) mass is 210 g/mol. The van der Waals surface area contributed by atoms with Crippen LogP contribution in [-0.2, 0) is 0 Å². The molecule has 0 bridgehead atoms. The summed E-state index contributed by atoms with van der Waals surface area (Å²) in [6, 6.07) is 0.714. The summed E-state index contributed by atoms with van der Waals surface area (Å²) >= 11 is 0. The lowest BCUT2D eigenvalue weighted by Gasteiger charge is -2.46. The van der Waals surface area contributed by atoms with E-state index in [1.165, 1.54) is 25.8 Å². The maximum absolute atomic E-state index is 6.08. The van der Waals surface area contributed by atoms with Gasteiger partial charge >= 0.3 is 0 Å². The fourth-order valence-corrected chi connectivity index (χ4v) is 3.42. The first-order valence-corrected chi connectivity index (χ1v) is 6.40. The van der Waals surface area contributed by atoms with E-state index in [0.717, 1.165) is 12.5 Å². The maximum atomic E-state index is 6.08. The van der Waals surface area contributed by atoms with Crippen LogP contribution in [0.5, 0.6) is 0 Å². The minimum absolute atomic E-state index is 0.233. The minimum Gasteiger partial charge on any atom is -0.329 e. The van der Waals surface area contributed by atoms with Gasteiger partial charge in [0.05, 0.1) is 0 Å². The lowest BCUT2D eigenvalue weighted by molar-refractivity contribution is 0.0399. The molecule has 1 saturated carbocycles. The molecule has 3 unspecified atom stereocenters. The Balaban J connectivity index is 2.19. The smallest absolute Gasteiger partial charge is 0.0359 e. The summed E-state index contributed by atoms with van der Waals surface area (Å²) in [6.45, 7) is 11.6. The third-order valence-electron chi connectivity index (χ3n) is 5.12. The fourth-order valence-electron chi connectivity index (χ4n) is 3.42. The van der Waals surface area contributed by atoms with Crippen LogP contribution in [0, 0.1) is 11.3 Å². The first kappa shape index (κ1) is 11.4. The van der Waals surface area contributed by atoms with E-state index < -0.39 is 0 Å². The zero-order valence-electron chi connectivity index (χ0n) is 10.7. The number of hydrogen-bond donors (Lipinski definition) is 1. The van der Waals surface area contributed by atoms with Crippen LogP contribution in [0.2, 0.25) is 0 Å². The van der Waals surface area contributed by atoms with E-state index in [1.807, 2.05) is 0 Å². The van der Waals surface area contributed by atoms with E-state index in [1.54, 1.807) is 0 Å². The molecule has 88 valence electrons. The van der Waals surface area contributed by atoms with Crippen molar-refractivity contribution in [2.24, 2.45) is 17.1 Å². The van der Waals surface area contributed by atoms with Crippen LogP contribution in [0.1, 0.15) is 47.0 Å². The molecule has 2 aliphatic rings. The van der Waals surface area contributed by atoms with Gasteiger partial charge in [0.15, 0.2) is 0 Å². The van der Waals surface area contributed by atoms with Crippen LogP contribution >= 0.6 is 0 Å². The number of nitrogens with zero attached hydrogens (tertiary/aromatic N) is 1. The highest BCUT2D eigenvalue weighted by atomic mass is 15.3. The SMILES string of the molecule is CC1CC(C)N(C(C)(CN)C2(C)CC2)C1. The van der Waals surface area contributed by atoms with Gasteiger partial charge in [-0.2, -0.15) is 0 Å². The van der Waals surface area contributed by atoms with Crippen molar-refractivity contribution in [1.82, 2.24) is 4.90 Å². The van der Waals surface area contributed by atoms with E-state index in [2.05, 4.69) is 32.6 Å². The maximum Gasteiger partial charge on any atom is 0.0359 e. The molecule has 0 aromatic rings. The fraction of sp³-hybridized carbons (Fsp3) is 1.00. The molecule has 1 aliphatic heterocycles. The Hall–Kier alpha value is -0.0800. The molecule has 1 saturated heterocycles. The highest BCUT2D eigenvalue weighted by Crippen LogP contribution is 2.56. The number of rotatable bonds is 3. The molecule has 1 heterocycles. The van der Waals surface area contributed by atoms with Gasteiger partial charge < -0.3 is 5.73 Å². The van der Waals surface area contributed by atoms with Gasteiger partial charge in [-0.25, -0.2) is 0 Å². The van der Waals surface area contributed by atoms with Crippen molar-refractivity contribution in [2.75, 3.05) is 13.1 Å². The quantitative estimate of drug-likeness (QED) is 0.774. The van der Waals surface area contributed by atoms with E-state index in [0.29, 0.717) is 11.5 Å². The third-order valence-corrected chi connectivity index (χ3v) is 5.12. The Kier molecular flexibility index (Phi) is 2.63. The first-order valence-electron chi connectivity index (χ1n) is 6.40. The van der Waals surface area contributed by atoms with E-state index >= 15 is 0 Å². The van der Waals surface area contributed by atoms with Gasteiger partial charge in [-0.15, -0.1) is 0 Å². The van der Waals surface area contributed by atoms with E-state index in [-0.39, 0.29) is 5.54 Å². The molecule has 2 fully saturated rings. The van der Waals surface area contributed by atoms with Gasteiger partial charge in [-0.05, 0) is 44.4 Å². The van der Waals surface area contributed by atoms with Gasteiger partial charge in [0, 0.05) is 24.7 Å². The van der Waals surface area contributed by atoms with Crippen LogP contribution < -0.4 is 5.73 Å². The van der Waals surface area contributed by atoms with Gasteiger partial charge in [0.1, 0.15) is 0 Å².